The zero-order valence-corrected chi connectivity index (χ0v) is 13.6. The Hall–Kier alpha value is -3.01. The molecule has 0 unspecified atom stereocenters. The van der Waals surface area contributed by atoms with Gasteiger partial charge in [-0.25, -0.2) is 4.79 Å². The Kier molecular flexibility index (Phi) is 4.38. The van der Waals surface area contributed by atoms with Crippen LogP contribution in [0.5, 0.6) is 0 Å². The number of rotatable bonds is 5. The van der Waals surface area contributed by atoms with E-state index < -0.39 is 5.97 Å². The van der Waals surface area contributed by atoms with Crippen molar-refractivity contribution in [2.75, 3.05) is 5.32 Å². The largest absolute Gasteiger partial charge is 0.475 e. The molecule has 2 N–H and O–H groups in total. The Morgan fingerprint density at radius 3 is 2.54 bits per heavy atom. The van der Waals surface area contributed by atoms with Gasteiger partial charge in [0.25, 0.3) is 0 Å². The van der Waals surface area contributed by atoms with Crippen LogP contribution in [0.1, 0.15) is 34.6 Å². The topological polar surface area (TPSA) is 62.5 Å². The predicted octanol–water partition coefficient (Wildman–Crippen LogP) is 5.13. The Morgan fingerprint density at radius 2 is 1.88 bits per heavy atom. The van der Waals surface area contributed by atoms with Crippen LogP contribution in [-0.2, 0) is 0 Å². The van der Waals surface area contributed by atoms with Crippen molar-refractivity contribution in [1.82, 2.24) is 0 Å². The van der Waals surface area contributed by atoms with E-state index in [-0.39, 0.29) is 11.8 Å². The van der Waals surface area contributed by atoms with Crippen LogP contribution in [0.3, 0.4) is 0 Å². The van der Waals surface area contributed by atoms with Gasteiger partial charge in [0.15, 0.2) is 0 Å². The fourth-order valence-corrected chi connectivity index (χ4v) is 2.72. The van der Waals surface area contributed by atoms with Gasteiger partial charge in [0.1, 0.15) is 0 Å². The second-order valence-electron chi connectivity index (χ2n) is 5.83. The molecule has 0 saturated carbocycles. The Morgan fingerprint density at radius 1 is 1.12 bits per heavy atom. The molecule has 1 heterocycles. The number of nitrogens with one attached hydrogen (secondary N) is 1. The molecule has 122 valence electrons. The lowest BCUT2D eigenvalue weighted by atomic mass is 10.0. The number of hydrogen-bond donors (Lipinski definition) is 2. The molecule has 2 aromatic carbocycles. The molecule has 0 bridgehead atoms. The van der Waals surface area contributed by atoms with Gasteiger partial charge in [-0.2, -0.15) is 0 Å². The molecule has 1 atom stereocenters. The van der Waals surface area contributed by atoms with Crippen LogP contribution in [0.2, 0.25) is 0 Å². The highest BCUT2D eigenvalue weighted by molar-refractivity contribution is 5.93. The summed E-state index contributed by atoms with van der Waals surface area (Å²) in [6.45, 7) is 4.19. The van der Waals surface area contributed by atoms with Crippen LogP contribution in [0.4, 0.5) is 5.69 Å². The summed E-state index contributed by atoms with van der Waals surface area (Å²) in [5.41, 5.74) is 4.84. The lowest BCUT2D eigenvalue weighted by molar-refractivity contribution is 0.0663. The summed E-state index contributed by atoms with van der Waals surface area (Å²) in [4.78, 5) is 11.1. The van der Waals surface area contributed by atoms with Gasteiger partial charge in [0.2, 0.25) is 5.76 Å². The zero-order chi connectivity index (χ0) is 17.1. The molecule has 4 nitrogen and oxygen atoms in total. The van der Waals surface area contributed by atoms with Gasteiger partial charge in [-0.05, 0) is 43.2 Å². The first kappa shape index (κ1) is 15.9. The third kappa shape index (κ3) is 3.33. The number of aromatic carboxylic acids is 1. The first-order valence-electron chi connectivity index (χ1n) is 7.79. The second kappa shape index (κ2) is 6.62. The Bertz CT molecular complexity index is 849. The van der Waals surface area contributed by atoms with E-state index in [9.17, 15) is 4.79 Å². The van der Waals surface area contributed by atoms with Crippen LogP contribution in [0.25, 0.3) is 11.1 Å². The number of aryl methyl sites for hydroxylation is 1. The summed E-state index contributed by atoms with van der Waals surface area (Å²) < 4.78 is 5.03. The monoisotopic (exact) mass is 321 g/mol. The number of anilines is 1. The first-order valence-corrected chi connectivity index (χ1v) is 7.79. The summed E-state index contributed by atoms with van der Waals surface area (Å²) >= 11 is 0. The molecule has 0 spiro atoms. The van der Waals surface area contributed by atoms with Crippen molar-refractivity contribution >= 4 is 11.7 Å². The quantitative estimate of drug-likeness (QED) is 0.684. The van der Waals surface area contributed by atoms with Crippen molar-refractivity contribution in [1.29, 1.82) is 0 Å². The van der Waals surface area contributed by atoms with Crippen LogP contribution < -0.4 is 5.32 Å². The number of carboxylic acids is 1. The molecule has 0 aliphatic rings. The number of carbonyl (C=O) groups is 1. The normalized spacial score (nSPS) is 11.9. The maximum Gasteiger partial charge on any atom is 0.372 e. The molecular weight excluding hydrogens is 302 g/mol. The maximum absolute atomic E-state index is 11.1. The lowest BCUT2D eigenvalue weighted by Crippen LogP contribution is -2.06. The number of hydrogen-bond acceptors (Lipinski definition) is 3. The minimum Gasteiger partial charge on any atom is -0.475 e. The van der Waals surface area contributed by atoms with Gasteiger partial charge in [0, 0.05) is 17.3 Å². The fraction of sp³-hybridized carbons (Fsp3) is 0.150. The summed E-state index contributed by atoms with van der Waals surface area (Å²) in [6, 6.07) is 17.9. The molecule has 0 aliphatic heterocycles. The molecule has 0 aliphatic carbocycles. The molecule has 0 amide bonds. The van der Waals surface area contributed by atoms with Gasteiger partial charge < -0.3 is 14.8 Å². The van der Waals surface area contributed by atoms with E-state index in [1.807, 2.05) is 24.3 Å². The van der Waals surface area contributed by atoms with Crippen LogP contribution in [0, 0.1) is 6.92 Å². The minimum atomic E-state index is -1.06. The van der Waals surface area contributed by atoms with E-state index in [0.717, 1.165) is 11.3 Å². The third-order valence-electron chi connectivity index (χ3n) is 3.98. The molecule has 3 rings (SSSR count). The van der Waals surface area contributed by atoms with Crippen molar-refractivity contribution < 1.29 is 14.3 Å². The van der Waals surface area contributed by atoms with E-state index in [0.29, 0.717) is 5.56 Å². The highest BCUT2D eigenvalue weighted by atomic mass is 16.4. The smallest absolute Gasteiger partial charge is 0.372 e. The highest BCUT2D eigenvalue weighted by Gasteiger charge is 2.15. The van der Waals surface area contributed by atoms with Crippen molar-refractivity contribution in [3.8, 4) is 11.1 Å². The summed E-state index contributed by atoms with van der Waals surface area (Å²) in [5, 5.41) is 12.6. The molecular formula is C20H19NO3. The maximum atomic E-state index is 11.1. The Labute approximate surface area is 140 Å². The average molecular weight is 321 g/mol. The highest BCUT2D eigenvalue weighted by Crippen LogP contribution is 2.27. The number of carboxylic acid groups (broad SMARTS) is 1. The minimum absolute atomic E-state index is 0.0381. The van der Waals surface area contributed by atoms with Gasteiger partial charge in [0.05, 0.1) is 6.26 Å². The number of benzene rings is 2. The van der Waals surface area contributed by atoms with E-state index in [1.54, 1.807) is 6.07 Å². The van der Waals surface area contributed by atoms with E-state index >= 15 is 0 Å². The molecule has 3 aromatic rings. The molecule has 0 radical (unpaired) electrons. The lowest BCUT2D eigenvalue weighted by Gasteiger charge is -2.16. The van der Waals surface area contributed by atoms with Crippen LogP contribution in [0.15, 0.2) is 65.3 Å². The first-order chi connectivity index (χ1) is 11.5. The van der Waals surface area contributed by atoms with Gasteiger partial charge in [-0.1, -0.05) is 42.0 Å². The van der Waals surface area contributed by atoms with Crippen molar-refractivity contribution in [3.63, 3.8) is 0 Å². The van der Waals surface area contributed by atoms with Crippen molar-refractivity contribution in [2.24, 2.45) is 0 Å². The average Bonchev–Trinajstić information content (AvgIpc) is 3.05. The number of furan rings is 1. The second-order valence-corrected chi connectivity index (χ2v) is 5.83. The van der Waals surface area contributed by atoms with Gasteiger partial charge >= 0.3 is 5.97 Å². The molecule has 4 heteroatoms. The van der Waals surface area contributed by atoms with Crippen LogP contribution >= 0.6 is 0 Å². The van der Waals surface area contributed by atoms with Crippen molar-refractivity contribution in [3.05, 3.63) is 77.7 Å². The van der Waals surface area contributed by atoms with Crippen LogP contribution in [-0.4, -0.2) is 11.1 Å². The molecule has 0 saturated heterocycles. The van der Waals surface area contributed by atoms with E-state index in [1.165, 1.54) is 17.4 Å². The standard InChI is InChI=1S/C20H19NO3/c1-13-4-3-5-16(12-13)14(2)21-17-8-6-15(7-9-17)18-10-11-24-19(18)20(22)23/h3-12,14,21H,1-2H3,(H,22,23)/t14-/m0/s1. The zero-order valence-electron chi connectivity index (χ0n) is 13.6. The molecule has 24 heavy (non-hydrogen) atoms. The van der Waals surface area contributed by atoms with E-state index in [2.05, 4.69) is 43.4 Å². The fourth-order valence-electron chi connectivity index (χ4n) is 2.72. The van der Waals surface area contributed by atoms with Gasteiger partial charge in [-0.3, -0.25) is 0 Å². The summed E-state index contributed by atoms with van der Waals surface area (Å²) in [6.07, 6.45) is 1.39. The SMILES string of the molecule is Cc1cccc([C@H](C)Nc2ccc(-c3ccoc3C(=O)O)cc2)c1. The third-order valence-corrected chi connectivity index (χ3v) is 3.98. The van der Waals surface area contributed by atoms with Gasteiger partial charge in [-0.15, -0.1) is 0 Å². The Balaban J connectivity index is 1.77. The molecule has 1 aromatic heterocycles. The summed E-state index contributed by atoms with van der Waals surface area (Å²) in [5.74, 6) is -1.10. The predicted molar refractivity (Wildman–Crippen MR) is 94.3 cm³/mol. The van der Waals surface area contributed by atoms with E-state index in [4.69, 9.17) is 9.52 Å². The molecule has 0 fully saturated rings. The van der Waals surface area contributed by atoms with Crippen molar-refractivity contribution in [2.45, 2.75) is 19.9 Å². The summed E-state index contributed by atoms with van der Waals surface area (Å²) in [7, 11) is 0.